The van der Waals surface area contributed by atoms with Gasteiger partial charge in [-0.25, -0.2) is 4.98 Å². The smallest absolute Gasteiger partial charge is 0.266 e. The van der Waals surface area contributed by atoms with Gasteiger partial charge in [0.1, 0.15) is 16.4 Å². The molecule has 0 bridgehead atoms. The number of benzene rings is 1. The largest absolute Gasteiger partial charge is 0.464 e. The summed E-state index contributed by atoms with van der Waals surface area (Å²) in [5.74, 6) is 1.62. The predicted molar refractivity (Wildman–Crippen MR) is 95.3 cm³/mol. The van der Waals surface area contributed by atoms with E-state index < -0.39 is 0 Å². The molecule has 5 heteroatoms. The number of rotatable bonds is 5. The Bertz CT molecular complexity index is 836. The third-order valence-electron chi connectivity index (χ3n) is 3.77. The number of hydrogen-bond donors (Lipinski definition) is 0. The van der Waals surface area contributed by atoms with Crippen LogP contribution in [0.25, 0.3) is 0 Å². The fourth-order valence-electron chi connectivity index (χ4n) is 2.55. The van der Waals surface area contributed by atoms with Crippen molar-refractivity contribution < 1.29 is 9.21 Å². The highest BCUT2D eigenvalue weighted by atomic mass is 32.1. The van der Waals surface area contributed by atoms with Gasteiger partial charge < -0.3 is 9.32 Å². The number of nitrogens with zero attached hydrogens (tertiary/aromatic N) is 2. The quantitative estimate of drug-likeness (QED) is 0.699. The molecule has 1 amide bonds. The van der Waals surface area contributed by atoms with Gasteiger partial charge >= 0.3 is 0 Å². The second-order valence-corrected chi connectivity index (χ2v) is 6.94. The SMILES string of the molecule is Cc1ccc(CN(C)C(=O)c2sc(Cc3ccccc3)nc2C)o1. The van der Waals surface area contributed by atoms with E-state index >= 15 is 0 Å². The van der Waals surface area contributed by atoms with Crippen LogP contribution in [0.4, 0.5) is 0 Å². The van der Waals surface area contributed by atoms with Crippen molar-refractivity contribution in [3.63, 3.8) is 0 Å². The van der Waals surface area contributed by atoms with E-state index in [-0.39, 0.29) is 5.91 Å². The van der Waals surface area contributed by atoms with Gasteiger partial charge in [0.2, 0.25) is 0 Å². The average molecular weight is 340 g/mol. The molecule has 0 atom stereocenters. The number of carbonyl (C=O) groups excluding carboxylic acids is 1. The minimum absolute atomic E-state index is 0.0154. The predicted octanol–water partition coefficient (Wildman–Crippen LogP) is 4.22. The van der Waals surface area contributed by atoms with E-state index in [0.29, 0.717) is 11.4 Å². The van der Waals surface area contributed by atoms with Gasteiger partial charge in [0, 0.05) is 13.5 Å². The van der Waals surface area contributed by atoms with Crippen molar-refractivity contribution >= 4 is 17.2 Å². The van der Waals surface area contributed by atoms with Crippen molar-refractivity contribution in [1.29, 1.82) is 0 Å². The molecule has 0 unspecified atom stereocenters. The third-order valence-corrected chi connectivity index (χ3v) is 4.91. The second-order valence-electron chi connectivity index (χ2n) is 5.86. The molecular formula is C19H20N2O2S. The van der Waals surface area contributed by atoms with Gasteiger partial charge in [-0.05, 0) is 31.5 Å². The summed E-state index contributed by atoms with van der Waals surface area (Å²) < 4.78 is 5.55. The highest BCUT2D eigenvalue weighted by Crippen LogP contribution is 2.23. The number of amides is 1. The zero-order chi connectivity index (χ0) is 17.1. The monoisotopic (exact) mass is 340 g/mol. The lowest BCUT2D eigenvalue weighted by molar-refractivity contribution is 0.0779. The first kappa shape index (κ1) is 16.5. The Balaban J connectivity index is 1.72. The van der Waals surface area contributed by atoms with Crippen molar-refractivity contribution in [2.75, 3.05) is 7.05 Å². The van der Waals surface area contributed by atoms with Crippen LogP contribution in [0.1, 0.15) is 37.5 Å². The molecule has 4 nitrogen and oxygen atoms in total. The molecule has 0 spiro atoms. The van der Waals surface area contributed by atoms with Crippen LogP contribution in [0.3, 0.4) is 0 Å². The molecule has 124 valence electrons. The Hall–Kier alpha value is -2.40. The second kappa shape index (κ2) is 7.01. The summed E-state index contributed by atoms with van der Waals surface area (Å²) in [6, 6.07) is 14.0. The lowest BCUT2D eigenvalue weighted by Crippen LogP contribution is -2.25. The van der Waals surface area contributed by atoms with E-state index in [1.165, 1.54) is 16.9 Å². The first-order valence-corrected chi connectivity index (χ1v) is 8.65. The van der Waals surface area contributed by atoms with Crippen molar-refractivity contribution in [2.24, 2.45) is 0 Å². The van der Waals surface area contributed by atoms with E-state index in [4.69, 9.17) is 4.42 Å². The number of furan rings is 1. The Morgan fingerprint density at radius 1 is 1.17 bits per heavy atom. The molecule has 2 heterocycles. The van der Waals surface area contributed by atoms with Gasteiger partial charge in [-0.2, -0.15) is 0 Å². The summed E-state index contributed by atoms with van der Waals surface area (Å²) in [5, 5.41) is 0.962. The highest BCUT2D eigenvalue weighted by Gasteiger charge is 2.20. The molecular weight excluding hydrogens is 320 g/mol. The van der Waals surface area contributed by atoms with E-state index in [2.05, 4.69) is 17.1 Å². The van der Waals surface area contributed by atoms with Crippen molar-refractivity contribution in [2.45, 2.75) is 26.8 Å². The Labute approximate surface area is 145 Å². The summed E-state index contributed by atoms with van der Waals surface area (Å²) in [5.41, 5.74) is 1.99. The average Bonchev–Trinajstić information content (AvgIpc) is 3.13. The van der Waals surface area contributed by atoms with Gasteiger partial charge in [-0.15, -0.1) is 11.3 Å². The lowest BCUT2D eigenvalue weighted by atomic mass is 10.2. The fraction of sp³-hybridized carbons (Fsp3) is 0.263. The summed E-state index contributed by atoms with van der Waals surface area (Å²) in [4.78, 5) is 19.6. The van der Waals surface area contributed by atoms with Crippen LogP contribution in [0, 0.1) is 13.8 Å². The van der Waals surface area contributed by atoms with Crippen LogP contribution in [0.15, 0.2) is 46.9 Å². The van der Waals surface area contributed by atoms with Crippen LogP contribution in [0.5, 0.6) is 0 Å². The number of aromatic nitrogens is 1. The van der Waals surface area contributed by atoms with Crippen LogP contribution in [-0.2, 0) is 13.0 Å². The molecule has 0 saturated carbocycles. The molecule has 24 heavy (non-hydrogen) atoms. The van der Waals surface area contributed by atoms with E-state index in [0.717, 1.165) is 28.6 Å². The molecule has 3 aromatic rings. The van der Waals surface area contributed by atoms with E-state index in [1.54, 1.807) is 11.9 Å². The molecule has 2 aromatic heterocycles. The molecule has 0 radical (unpaired) electrons. The van der Waals surface area contributed by atoms with Crippen molar-refractivity contribution in [3.8, 4) is 0 Å². The van der Waals surface area contributed by atoms with Gasteiger partial charge in [0.15, 0.2) is 0 Å². The van der Waals surface area contributed by atoms with Crippen LogP contribution in [0.2, 0.25) is 0 Å². The molecule has 1 aromatic carbocycles. The Morgan fingerprint density at radius 3 is 2.58 bits per heavy atom. The summed E-state index contributed by atoms with van der Waals surface area (Å²) in [6.45, 7) is 4.25. The molecule has 0 aliphatic rings. The maximum absolute atomic E-state index is 12.7. The van der Waals surface area contributed by atoms with Crippen LogP contribution in [-0.4, -0.2) is 22.8 Å². The zero-order valence-corrected chi connectivity index (χ0v) is 14.9. The number of aryl methyl sites for hydroxylation is 2. The van der Waals surface area contributed by atoms with E-state index in [9.17, 15) is 4.79 Å². The number of hydrogen-bond acceptors (Lipinski definition) is 4. The maximum Gasteiger partial charge on any atom is 0.266 e. The minimum atomic E-state index is -0.0154. The Morgan fingerprint density at radius 2 is 1.92 bits per heavy atom. The third kappa shape index (κ3) is 3.74. The molecule has 0 N–H and O–H groups in total. The van der Waals surface area contributed by atoms with Crippen LogP contribution < -0.4 is 0 Å². The van der Waals surface area contributed by atoms with Gasteiger partial charge in [0.25, 0.3) is 5.91 Å². The molecule has 0 saturated heterocycles. The van der Waals surface area contributed by atoms with Gasteiger partial charge in [0.05, 0.1) is 17.2 Å². The van der Waals surface area contributed by atoms with E-state index in [1.807, 2.05) is 44.2 Å². The highest BCUT2D eigenvalue weighted by molar-refractivity contribution is 7.13. The fourth-order valence-corrected chi connectivity index (χ4v) is 3.64. The number of carbonyl (C=O) groups is 1. The molecule has 0 aliphatic heterocycles. The molecule has 0 fully saturated rings. The molecule has 3 rings (SSSR count). The maximum atomic E-state index is 12.7. The summed E-state index contributed by atoms with van der Waals surface area (Å²) in [7, 11) is 1.79. The van der Waals surface area contributed by atoms with Gasteiger partial charge in [-0.1, -0.05) is 30.3 Å². The number of thiazole rings is 1. The first-order chi connectivity index (χ1) is 11.5. The minimum Gasteiger partial charge on any atom is -0.464 e. The topological polar surface area (TPSA) is 46.3 Å². The van der Waals surface area contributed by atoms with Crippen molar-refractivity contribution in [3.05, 3.63) is 75.1 Å². The Kier molecular flexibility index (Phi) is 4.81. The van der Waals surface area contributed by atoms with Crippen molar-refractivity contribution in [1.82, 2.24) is 9.88 Å². The first-order valence-electron chi connectivity index (χ1n) is 7.84. The standard InChI is InChI=1S/C19H20N2O2S/c1-13-9-10-16(23-13)12-21(3)19(22)18-14(2)20-17(24-18)11-15-7-5-4-6-8-15/h4-10H,11-12H2,1-3H3. The lowest BCUT2D eigenvalue weighted by Gasteiger charge is -2.14. The zero-order valence-electron chi connectivity index (χ0n) is 14.1. The van der Waals surface area contributed by atoms with Gasteiger partial charge in [-0.3, -0.25) is 4.79 Å². The van der Waals surface area contributed by atoms with Crippen LogP contribution >= 0.6 is 11.3 Å². The normalized spacial score (nSPS) is 10.8. The summed E-state index contributed by atoms with van der Waals surface area (Å²) in [6.07, 6.45) is 0.751. The summed E-state index contributed by atoms with van der Waals surface area (Å²) >= 11 is 1.47. The molecule has 0 aliphatic carbocycles.